The number of nitrogens with zero attached hydrogens (tertiary/aromatic N) is 2. The molecule has 0 fully saturated rings. The number of aliphatic hydroxyl groups is 1. The van der Waals surface area contributed by atoms with E-state index < -0.39 is 5.60 Å². The molecule has 0 aliphatic rings. The normalized spacial score (nSPS) is 15.4. The van der Waals surface area contributed by atoms with Crippen molar-refractivity contribution in [3.05, 3.63) is 0 Å². The van der Waals surface area contributed by atoms with Crippen LogP contribution in [0.25, 0.3) is 0 Å². The number of hydrogen-bond acceptors (Lipinski definition) is 2. The molecule has 0 aliphatic heterocycles. The van der Waals surface area contributed by atoms with E-state index in [1.54, 1.807) is 6.92 Å². The number of rotatable bonds is 5. The van der Waals surface area contributed by atoms with Gasteiger partial charge in [-0.25, -0.2) is 0 Å². The fourth-order valence-corrected chi connectivity index (χ4v) is 1.01. The Morgan fingerprint density at radius 1 is 1.33 bits per heavy atom. The van der Waals surface area contributed by atoms with Crippen molar-refractivity contribution < 1.29 is 5.11 Å². The summed E-state index contributed by atoms with van der Waals surface area (Å²) in [5.74, 6) is 0.517. The molecule has 0 aromatic carbocycles. The standard InChI is InChI=1S/C10H23N3O.HI/c1-5-10(4,14)8-12-9(11)13(6-2)7-3;/h14H,5-8H2,1-4H3,(H2,11,12);1H. The molecule has 1 unspecified atom stereocenters. The molecule has 0 heterocycles. The molecule has 3 N–H and O–H groups in total. The summed E-state index contributed by atoms with van der Waals surface area (Å²) in [6.45, 7) is 9.83. The Morgan fingerprint density at radius 3 is 2.13 bits per heavy atom. The SMILES string of the molecule is CCN(CC)C(N)=NCC(C)(O)CC.I. The van der Waals surface area contributed by atoms with Crippen LogP contribution in [0.1, 0.15) is 34.1 Å². The molecule has 0 rings (SSSR count). The van der Waals surface area contributed by atoms with Gasteiger partial charge in [0.15, 0.2) is 5.96 Å². The molecule has 5 heteroatoms. The van der Waals surface area contributed by atoms with Crippen molar-refractivity contribution in [2.75, 3.05) is 19.6 Å². The second kappa shape index (κ2) is 8.15. The molecule has 0 saturated carbocycles. The Morgan fingerprint density at radius 2 is 1.80 bits per heavy atom. The summed E-state index contributed by atoms with van der Waals surface area (Å²) in [7, 11) is 0. The molecule has 15 heavy (non-hydrogen) atoms. The van der Waals surface area contributed by atoms with Crippen LogP contribution in [0.2, 0.25) is 0 Å². The molecule has 1 atom stereocenters. The van der Waals surface area contributed by atoms with E-state index in [1.807, 2.05) is 25.7 Å². The van der Waals surface area contributed by atoms with Crippen molar-refractivity contribution >= 4 is 29.9 Å². The van der Waals surface area contributed by atoms with Crippen molar-refractivity contribution in [3.63, 3.8) is 0 Å². The van der Waals surface area contributed by atoms with Crippen molar-refractivity contribution in [3.8, 4) is 0 Å². The molecule has 0 aromatic heterocycles. The topological polar surface area (TPSA) is 61.8 Å². The van der Waals surface area contributed by atoms with Gasteiger partial charge in [-0.2, -0.15) is 0 Å². The minimum atomic E-state index is -0.738. The molecule has 0 spiro atoms. The van der Waals surface area contributed by atoms with E-state index in [9.17, 15) is 5.11 Å². The highest BCUT2D eigenvalue weighted by atomic mass is 127. The highest BCUT2D eigenvalue weighted by molar-refractivity contribution is 14.0. The predicted octanol–water partition coefficient (Wildman–Crippen LogP) is 1.42. The van der Waals surface area contributed by atoms with Gasteiger partial charge in [0.2, 0.25) is 0 Å². The highest BCUT2D eigenvalue weighted by Crippen LogP contribution is 2.08. The molecule has 0 radical (unpaired) electrons. The Hall–Kier alpha value is -0.0400. The van der Waals surface area contributed by atoms with Gasteiger partial charge in [0.05, 0.1) is 12.1 Å². The van der Waals surface area contributed by atoms with Crippen molar-refractivity contribution in [2.24, 2.45) is 10.7 Å². The van der Waals surface area contributed by atoms with E-state index in [-0.39, 0.29) is 24.0 Å². The maximum absolute atomic E-state index is 9.72. The summed E-state index contributed by atoms with van der Waals surface area (Å²) in [5, 5.41) is 9.72. The van der Waals surface area contributed by atoms with Crippen molar-refractivity contribution in [1.29, 1.82) is 0 Å². The minimum Gasteiger partial charge on any atom is -0.388 e. The van der Waals surface area contributed by atoms with Gasteiger partial charge in [-0.05, 0) is 27.2 Å². The molecule has 0 aliphatic carbocycles. The Labute approximate surface area is 110 Å². The van der Waals surface area contributed by atoms with Crippen LogP contribution < -0.4 is 5.73 Å². The van der Waals surface area contributed by atoms with E-state index in [2.05, 4.69) is 4.99 Å². The lowest BCUT2D eigenvalue weighted by molar-refractivity contribution is 0.0655. The lowest BCUT2D eigenvalue weighted by Gasteiger charge is -2.22. The predicted molar refractivity (Wildman–Crippen MR) is 75.7 cm³/mol. The first-order valence-corrected chi connectivity index (χ1v) is 5.24. The van der Waals surface area contributed by atoms with Gasteiger partial charge in [-0.1, -0.05) is 6.92 Å². The van der Waals surface area contributed by atoms with Crippen LogP contribution in [-0.4, -0.2) is 41.2 Å². The first-order valence-electron chi connectivity index (χ1n) is 5.24. The first-order chi connectivity index (χ1) is 6.46. The summed E-state index contributed by atoms with van der Waals surface area (Å²) in [4.78, 5) is 6.14. The van der Waals surface area contributed by atoms with E-state index in [0.717, 1.165) is 13.1 Å². The second-order valence-corrected chi connectivity index (χ2v) is 3.70. The van der Waals surface area contributed by atoms with Crippen LogP contribution >= 0.6 is 24.0 Å². The number of guanidine groups is 1. The van der Waals surface area contributed by atoms with Gasteiger partial charge in [0, 0.05) is 13.1 Å². The third kappa shape index (κ3) is 6.94. The molecule has 0 bridgehead atoms. The monoisotopic (exact) mass is 329 g/mol. The van der Waals surface area contributed by atoms with E-state index in [0.29, 0.717) is 18.9 Å². The largest absolute Gasteiger partial charge is 0.388 e. The quantitative estimate of drug-likeness (QED) is 0.456. The van der Waals surface area contributed by atoms with E-state index >= 15 is 0 Å². The zero-order valence-electron chi connectivity index (χ0n) is 10.2. The zero-order valence-corrected chi connectivity index (χ0v) is 12.5. The van der Waals surface area contributed by atoms with Gasteiger partial charge in [0.1, 0.15) is 0 Å². The number of aliphatic imine (C=N–C) groups is 1. The molecule has 0 aromatic rings. The van der Waals surface area contributed by atoms with Gasteiger partial charge in [-0.3, -0.25) is 4.99 Å². The molecular formula is C10H24IN3O. The lowest BCUT2D eigenvalue weighted by Crippen LogP contribution is -2.38. The van der Waals surface area contributed by atoms with Crippen LogP contribution in [0.15, 0.2) is 4.99 Å². The van der Waals surface area contributed by atoms with Gasteiger partial charge in [0.25, 0.3) is 0 Å². The molecular weight excluding hydrogens is 305 g/mol. The number of nitrogens with two attached hydrogens (primary N) is 1. The van der Waals surface area contributed by atoms with Gasteiger partial charge in [-0.15, -0.1) is 24.0 Å². The molecule has 0 amide bonds. The maximum Gasteiger partial charge on any atom is 0.191 e. The van der Waals surface area contributed by atoms with E-state index in [1.165, 1.54) is 0 Å². The minimum absolute atomic E-state index is 0. The van der Waals surface area contributed by atoms with Crippen LogP contribution in [0.4, 0.5) is 0 Å². The number of halogens is 1. The zero-order chi connectivity index (χ0) is 11.2. The summed E-state index contributed by atoms with van der Waals surface area (Å²) < 4.78 is 0. The van der Waals surface area contributed by atoms with Gasteiger partial charge >= 0.3 is 0 Å². The highest BCUT2D eigenvalue weighted by Gasteiger charge is 2.17. The van der Waals surface area contributed by atoms with Crippen LogP contribution in [-0.2, 0) is 0 Å². The van der Waals surface area contributed by atoms with Crippen LogP contribution in [0.3, 0.4) is 0 Å². The Bertz CT molecular complexity index is 191. The van der Waals surface area contributed by atoms with Gasteiger partial charge < -0.3 is 15.7 Å². The second-order valence-electron chi connectivity index (χ2n) is 3.70. The third-order valence-electron chi connectivity index (χ3n) is 2.43. The fourth-order valence-electron chi connectivity index (χ4n) is 1.01. The van der Waals surface area contributed by atoms with Crippen LogP contribution in [0.5, 0.6) is 0 Å². The molecule has 92 valence electrons. The van der Waals surface area contributed by atoms with Crippen molar-refractivity contribution in [1.82, 2.24) is 4.90 Å². The summed E-state index contributed by atoms with van der Waals surface area (Å²) in [6, 6.07) is 0. The Balaban J connectivity index is 0. The average Bonchev–Trinajstić information content (AvgIpc) is 2.17. The maximum atomic E-state index is 9.72. The first kappa shape index (κ1) is 17.4. The fraction of sp³-hybridized carbons (Fsp3) is 0.900. The Kier molecular flexibility index (Phi) is 9.43. The number of hydrogen-bond donors (Lipinski definition) is 2. The third-order valence-corrected chi connectivity index (χ3v) is 2.43. The summed E-state index contributed by atoms with van der Waals surface area (Å²) in [6.07, 6.45) is 0.683. The van der Waals surface area contributed by atoms with Crippen LogP contribution in [0, 0.1) is 0 Å². The summed E-state index contributed by atoms with van der Waals surface area (Å²) in [5.41, 5.74) is 5.03. The smallest absolute Gasteiger partial charge is 0.191 e. The molecule has 4 nitrogen and oxygen atoms in total. The van der Waals surface area contributed by atoms with Crippen molar-refractivity contribution in [2.45, 2.75) is 39.7 Å². The molecule has 0 saturated heterocycles. The average molecular weight is 329 g/mol. The van der Waals surface area contributed by atoms with E-state index in [4.69, 9.17) is 5.73 Å². The summed E-state index contributed by atoms with van der Waals surface area (Å²) >= 11 is 0. The lowest BCUT2D eigenvalue weighted by atomic mass is 10.1.